The molecular weight excluding hydrogens is 236 g/mol. The molecule has 100 valence electrons. The number of H-pyrrole nitrogens is 1. The standard InChI is InChI=1S/C16H20N2O/c1-4-12-5-7-13(8-6-12)16-17-14(9-11(2)3)10-15(19)18-16/h5-8,10-11H,4,9H2,1-3H3,(H,17,18,19). The van der Waals surface area contributed by atoms with Gasteiger partial charge in [-0.2, -0.15) is 0 Å². The summed E-state index contributed by atoms with van der Waals surface area (Å²) in [7, 11) is 0. The molecular formula is C16H20N2O. The van der Waals surface area contributed by atoms with Gasteiger partial charge in [0.1, 0.15) is 5.82 Å². The van der Waals surface area contributed by atoms with Crippen molar-refractivity contribution in [1.29, 1.82) is 0 Å². The molecule has 1 aromatic heterocycles. The van der Waals surface area contributed by atoms with E-state index in [0.717, 1.165) is 24.1 Å². The molecule has 19 heavy (non-hydrogen) atoms. The molecule has 3 heteroatoms. The molecule has 2 aromatic rings. The summed E-state index contributed by atoms with van der Waals surface area (Å²) in [5, 5.41) is 0. The van der Waals surface area contributed by atoms with Crippen molar-refractivity contribution in [3.05, 3.63) is 51.9 Å². The Bertz CT molecular complexity index is 597. The highest BCUT2D eigenvalue weighted by Crippen LogP contribution is 2.15. The summed E-state index contributed by atoms with van der Waals surface area (Å²) in [6.45, 7) is 6.37. The quantitative estimate of drug-likeness (QED) is 0.913. The Labute approximate surface area is 113 Å². The van der Waals surface area contributed by atoms with E-state index in [1.807, 2.05) is 12.1 Å². The van der Waals surface area contributed by atoms with Crippen molar-refractivity contribution in [3.8, 4) is 11.4 Å². The molecule has 1 aromatic carbocycles. The fraction of sp³-hybridized carbons (Fsp3) is 0.375. The third kappa shape index (κ3) is 3.53. The Morgan fingerprint density at radius 3 is 2.47 bits per heavy atom. The van der Waals surface area contributed by atoms with Gasteiger partial charge in [-0.05, 0) is 24.3 Å². The van der Waals surface area contributed by atoms with E-state index in [4.69, 9.17) is 0 Å². The average Bonchev–Trinajstić information content (AvgIpc) is 2.37. The number of rotatable bonds is 4. The summed E-state index contributed by atoms with van der Waals surface area (Å²) >= 11 is 0. The maximum atomic E-state index is 11.7. The molecule has 0 unspecified atom stereocenters. The summed E-state index contributed by atoms with van der Waals surface area (Å²) in [6, 6.07) is 9.76. The van der Waals surface area contributed by atoms with E-state index in [-0.39, 0.29) is 5.56 Å². The van der Waals surface area contributed by atoms with Crippen molar-refractivity contribution < 1.29 is 0 Å². The first kappa shape index (κ1) is 13.5. The molecule has 0 aliphatic carbocycles. The molecule has 0 spiro atoms. The van der Waals surface area contributed by atoms with Crippen LogP contribution in [-0.4, -0.2) is 9.97 Å². The largest absolute Gasteiger partial charge is 0.307 e. The first-order chi connectivity index (χ1) is 9.08. The van der Waals surface area contributed by atoms with Crippen LogP contribution in [0.15, 0.2) is 35.1 Å². The smallest absolute Gasteiger partial charge is 0.251 e. The SMILES string of the molecule is CCc1ccc(-c2nc(CC(C)C)cc(=O)[nH]2)cc1. The molecule has 0 radical (unpaired) electrons. The predicted octanol–water partition coefficient (Wildman–Crippen LogP) is 3.20. The maximum Gasteiger partial charge on any atom is 0.251 e. The van der Waals surface area contributed by atoms with Gasteiger partial charge >= 0.3 is 0 Å². The zero-order valence-electron chi connectivity index (χ0n) is 11.7. The van der Waals surface area contributed by atoms with Crippen LogP contribution in [0.3, 0.4) is 0 Å². The van der Waals surface area contributed by atoms with E-state index < -0.39 is 0 Å². The first-order valence-corrected chi connectivity index (χ1v) is 6.78. The normalized spacial score (nSPS) is 10.9. The van der Waals surface area contributed by atoms with E-state index in [1.165, 1.54) is 5.56 Å². The second-order valence-electron chi connectivity index (χ2n) is 5.23. The van der Waals surface area contributed by atoms with Crippen LogP contribution in [0.5, 0.6) is 0 Å². The van der Waals surface area contributed by atoms with E-state index in [9.17, 15) is 4.79 Å². The van der Waals surface area contributed by atoms with Gasteiger partial charge in [0.15, 0.2) is 0 Å². The lowest BCUT2D eigenvalue weighted by Crippen LogP contribution is -2.11. The minimum atomic E-state index is -0.0831. The van der Waals surface area contributed by atoms with Crippen LogP contribution in [0.25, 0.3) is 11.4 Å². The molecule has 0 fully saturated rings. The number of benzene rings is 1. The van der Waals surface area contributed by atoms with Gasteiger partial charge < -0.3 is 4.98 Å². The Kier molecular flexibility index (Phi) is 4.15. The zero-order valence-corrected chi connectivity index (χ0v) is 11.7. The van der Waals surface area contributed by atoms with Gasteiger partial charge in [0, 0.05) is 17.3 Å². The molecule has 0 saturated carbocycles. The van der Waals surface area contributed by atoms with Crippen molar-refractivity contribution in [3.63, 3.8) is 0 Å². The number of nitrogens with zero attached hydrogens (tertiary/aromatic N) is 1. The molecule has 0 amide bonds. The topological polar surface area (TPSA) is 45.8 Å². The van der Waals surface area contributed by atoms with E-state index in [1.54, 1.807) is 6.07 Å². The number of aromatic amines is 1. The number of hydrogen-bond acceptors (Lipinski definition) is 2. The Balaban J connectivity index is 2.37. The third-order valence-corrected chi connectivity index (χ3v) is 3.05. The van der Waals surface area contributed by atoms with Crippen molar-refractivity contribution in [2.75, 3.05) is 0 Å². The van der Waals surface area contributed by atoms with Gasteiger partial charge in [-0.15, -0.1) is 0 Å². The molecule has 1 heterocycles. The highest BCUT2D eigenvalue weighted by molar-refractivity contribution is 5.55. The molecule has 2 rings (SSSR count). The highest BCUT2D eigenvalue weighted by Gasteiger charge is 2.05. The van der Waals surface area contributed by atoms with Crippen LogP contribution < -0.4 is 5.56 Å². The van der Waals surface area contributed by atoms with Gasteiger partial charge in [0.05, 0.1) is 0 Å². The number of nitrogens with one attached hydrogen (secondary N) is 1. The molecule has 0 saturated heterocycles. The Morgan fingerprint density at radius 2 is 1.89 bits per heavy atom. The second kappa shape index (κ2) is 5.83. The van der Waals surface area contributed by atoms with Crippen LogP contribution in [0, 0.1) is 5.92 Å². The average molecular weight is 256 g/mol. The van der Waals surface area contributed by atoms with Crippen LogP contribution in [-0.2, 0) is 12.8 Å². The third-order valence-electron chi connectivity index (χ3n) is 3.05. The van der Waals surface area contributed by atoms with Crippen molar-refractivity contribution in [1.82, 2.24) is 9.97 Å². The van der Waals surface area contributed by atoms with Gasteiger partial charge in [-0.25, -0.2) is 4.98 Å². The van der Waals surface area contributed by atoms with Gasteiger partial charge in [-0.3, -0.25) is 4.79 Å². The van der Waals surface area contributed by atoms with Gasteiger partial charge in [0.2, 0.25) is 0 Å². The predicted molar refractivity (Wildman–Crippen MR) is 78.2 cm³/mol. The van der Waals surface area contributed by atoms with Crippen LogP contribution in [0.4, 0.5) is 0 Å². The highest BCUT2D eigenvalue weighted by atomic mass is 16.1. The Morgan fingerprint density at radius 1 is 1.21 bits per heavy atom. The fourth-order valence-corrected chi connectivity index (χ4v) is 2.07. The fourth-order valence-electron chi connectivity index (χ4n) is 2.07. The molecule has 0 atom stereocenters. The molecule has 0 bridgehead atoms. The number of hydrogen-bond donors (Lipinski definition) is 1. The van der Waals surface area contributed by atoms with Crippen LogP contribution >= 0.6 is 0 Å². The minimum absolute atomic E-state index is 0.0831. The van der Waals surface area contributed by atoms with E-state index in [0.29, 0.717) is 11.7 Å². The zero-order chi connectivity index (χ0) is 13.8. The molecule has 0 aliphatic rings. The summed E-state index contributed by atoms with van der Waals surface area (Å²) < 4.78 is 0. The lowest BCUT2D eigenvalue weighted by molar-refractivity contribution is 0.634. The second-order valence-corrected chi connectivity index (χ2v) is 5.23. The summed E-state index contributed by atoms with van der Waals surface area (Å²) in [5.41, 5.74) is 3.01. The molecule has 3 nitrogen and oxygen atoms in total. The Hall–Kier alpha value is -1.90. The van der Waals surface area contributed by atoms with Crippen molar-refractivity contribution in [2.24, 2.45) is 5.92 Å². The van der Waals surface area contributed by atoms with Crippen molar-refractivity contribution in [2.45, 2.75) is 33.6 Å². The van der Waals surface area contributed by atoms with E-state index >= 15 is 0 Å². The monoisotopic (exact) mass is 256 g/mol. The lowest BCUT2D eigenvalue weighted by Gasteiger charge is -2.07. The first-order valence-electron chi connectivity index (χ1n) is 6.78. The van der Waals surface area contributed by atoms with Gasteiger partial charge in [-0.1, -0.05) is 45.0 Å². The van der Waals surface area contributed by atoms with Crippen molar-refractivity contribution >= 4 is 0 Å². The van der Waals surface area contributed by atoms with E-state index in [2.05, 4.69) is 42.9 Å². The van der Waals surface area contributed by atoms with Gasteiger partial charge in [0.25, 0.3) is 5.56 Å². The number of aryl methyl sites for hydroxylation is 1. The molecule has 0 aliphatic heterocycles. The summed E-state index contributed by atoms with van der Waals surface area (Å²) in [5.74, 6) is 1.15. The number of aromatic nitrogens is 2. The lowest BCUT2D eigenvalue weighted by atomic mass is 10.1. The molecule has 1 N–H and O–H groups in total. The summed E-state index contributed by atoms with van der Waals surface area (Å²) in [4.78, 5) is 19.0. The minimum Gasteiger partial charge on any atom is -0.307 e. The van der Waals surface area contributed by atoms with Crippen LogP contribution in [0.1, 0.15) is 32.0 Å². The summed E-state index contributed by atoms with van der Waals surface area (Å²) in [6.07, 6.45) is 1.83. The maximum absolute atomic E-state index is 11.7. The van der Waals surface area contributed by atoms with Crippen LogP contribution in [0.2, 0.25) is 0 Å².